The van der Waals surface area contributed by atoms with Gasteiger partial charge in [-0.3, -0.25) is 0 Å². The van der Waals surface area contributed by atoms with Crippen LogP contribution in [-0.2, 0) is 0 Å². The fourth-order valence-corrected chi connectivity index (χ4v) is 2.92. The van der Waals surface area contributed by atoms with E-state index < -0.39 is 0 Å². The van der Waals surface area contributed by atoms with E-state index in [0.717, 1.165) is 10.6 Å². The summed E-state index contributed by atoms with van der Waals surface area (Å²) >= 11 is 3.32. The fraction of sp³-hybridized carbons (Fsp3) is 0.0769. The Kier molecular flexibility index (Phi) is 4.34. The summed E-state index contributed by atoms with van der Waals surface area (Å²) in [4.78, 5) is 1.60. The van der Waals surface area contributed by atoms with Gasteiger partial charge in [0.2, 0.25) is 0 Å². The van der Waals surface area contributed by atoms with Crippen LogP contribution < -0.4 is 10.5 Å². The Morgan fingerprint density at radius 1 is 1.22 bits per heavy atom. The van der Waals surface area contributed by atoms with Crippen LogP contribution in [0.2, 0.25) is 0 Å². The number of anilines is 1. The third-order valence-electron chi connectivity index (χ3n) is 2.34. The maximum absolute atomic E-state index is 13.5. The summed E-state index contributed by atoms with van der Waals surface area (Å²) in [6.45, 7) is 0. The van der Waals surface area contributed by atoms with Crippen LogP contribution in [0.3, 0.4) is 0 Å². The lowest BCUT2D eigenvalue weighted by Gasteiger charge is -2.10. The topological polar surface area (TPSA) is 35.2 Å². The van der Waals surface area contributed by atoms with Gasteiger partial charge in [0.15, 0.2) is 0 Å². The smallest absolute Gasteiger partial charge is 0.137 e. The molecule has 0 fully saturated rings. The third kappa shape index (κ3) is 2.89. The number of rotatable bonds is 3. The molecule has 0 spiro atoms. The summed E-state index contributed by atoms with van der Waals surface area (Å²) in [7, 11) is 1.61. The average molecular weight is 375 g/mol. The van der Waals surface area contributed by atoms with E-state index in [-0.39, 0.29) is 5.82 Å². The largest absolute Gasteiger partial charge is 0.496 e. The van der Waals surface area contributed by atoms with Crippen molar-refractivity contribution in [1.82, 2.24) is 0 Å². The van der Waals surface area contributed by atoms with Gasteiger partial charge in [0.05, 0.1) is 15.6 Å². The van der Waals surface area contributed by atoms with Crippen molar-refractivity contribution in [3.8, 4) is 5.75 Å². The lowest BCUT2D eigenvalue weighted by Crippen LogP contribution is -1.93. The SMILES string of the molecule is COc1ccccc1Sc1cc(F)c(I)cc1N. The van der Waals surface area contributed by atoms with Crippen molar-refractivity contribution < 1.29 is 9.13 Å². The molecule has 0 aliphatic carbocycles. The third-order valence-corrected chi connectivity index (χ3v) is 4.30. The highest BCUT2D eigenvalue weighted by molar-refractivity contribution is 14.1. The molecule has 0 aromatic heterocycles. The molecule has 2 aromatic rings. The van der Waals surface area contributed by atoms with Gasteiger partial charge in [0, 0.05) is 10.6 Å². The van der Waals surface area contributed by atoms with Gasteiger partial charge < -0.3 is 10.5 Å². The van der Waals surface area contributed by atoms with Crippen LogP contribution in [0.4, 0.5) is 10.1 Å². The highest BCUT2D eigenvalue weighted by Gasteiger charge is 2.10. The summed E-state index contributed by atoms with van der Waals surface area (Å²) < 4.78 is 19.3. The molecule has 0 heterocycles. The van der Waals surface area contributed by atoms with E-state index in [9.17, 15) is 4.39 Å². The molecule has 2 rings (SSSR count). The summed E-state index contributed by atoms with van der Waals surface area (Å²) in [5.41, 5.74) is 6.46. The second kappa shape index (κ2) is 5.79. The van der Waals surface area contributed by atoms with E-state index in [2.05, 4.69) is 0 Å². The Morgan fingerprint density at radius 2 is 1.94 bits per heavy atom. The molecule has 0 amide bonds. The molecule has 0 radical (unpaired) electrons. The molecule has 0 atom stereocenters. The first-order chi connectivity index (χ1) is 8.61. The standard InChI is InChI=1S/C13H11FINOS/c1-17-11-4-2-3-5-12(11)18-13-6-8(14)9(15)7-10(13)16/h2-7H,16H2,1H3. The van der Waals surface area contributed by atoms with E-state index in [1.54, 1.807) is 13.2 Å². The summed E-state index contributed by atoms with van der Waals surface area (Å²) in [5, 5.41) is 0. The van der Waals surface area contributed by atoms with Crippen molar-refractivity contribution in [2.24, 2.45) is 0 Å². The van der Waals surface area contributed by atoms with E-state index >= 15 is 0 Å². The van der Waals surface area contributed by atoms with Crippen LogP contribution in [0.1, 0.15) is 0 Å². The molecule has 0 aliphatic heterocycles. The van der Waals surface area contributed by atoms with Crippen LogP contribution in [0.5, 0.6) is 5.75 Å². The van der Waals surface area contributed by atoms with Gasteiger partial charge in [-0.2, -0.15) is 0 Å². The van der Waals surface area contributed by atoms with E-state index in [1.165, 1.54) is 17.8 Å². The van der Waals surface area contributed by atoms with Crippen molar-refractivity contribution in [2.75, 3.05) is 12.8 Å². The number of nitrogens with two attached hydrogens (primary N) is 1. The molecule has 2 N–H and O–H groups in total. The van der Waals surface area contributed by atoms with Crippen LogP contribution in [0, 0.1) is 9.39 Å². The van der Waals surface area contributed by atoms with Crippen molar-refractivity contribution >= 4 is 40.0 Å². The monoisotopic (exact) mass is 375 g/mol. The Morgan fingerprint density at radius 3 is 2.67 bits per heavy atom. The molecule has 0 unspecified atom stereocenters. The zero-order valence-corrected chi connectivity index (χ0v) is 12.6. The molecule has 0 saturated heterocycles. The number of hydrogen-bond acceptors (Lipinski definition) is 3. The fourth-order valence-electron chi connectivity index (χ4n) is 1.45. The number of ether oxygens (including phenoxy) is 1. The number of hydrogen-bond donors (Lipinski definition) is 1. The summed E-state index contributed by atoms with van der Waals surface area (Å²) in [6, 6.07) is 10.7. The highest BCUT2D eigenvalue weighted by atomic mass is 127. The van der Waals surface area contributed by atoms with E-state index in [0.29, 0.717) is 14.2 Å². The molecular weight excluding hydrogens is 364 g/mol. The van der Waals surface area contributed by atoms with Crippen LogP contribution >= 0.6 is 34.4 Å². The normalized spacial score (nSPS) is 10.4. The van der Waals surface area contributed by atoms with Crippen LogP contribution in [0.15, 0.2) is 46.2 Å². The highest BCUT2D eigenvalue weighted by Crippen LogP contribution is 2.38. The van der Waals surface area contributed by atoms with Gasteiger partial charge in [-0.05, 0) is 46.9 Å². The van der Waals surface area contributed by atoms with Crippen LogP contribution in [0.25, 0.3) is 0 Å². The molecule has 0 bridgehead atoms. The first-order valence-electron chi connectivity index (χ1n) is 5.17. The minimum Gasteiger partial charge on any atom is -0.496 e. The molecule has 94 valence electrons. The summed E-state index contributed by atoms with van der Waals surface area (Å²) in [5.74, 6) is 0.489. The lowest BCUT2D eigenvalue weighted by molar-refractivity contribution is 0.405. The van der Waals surface area contributed by atoms with Crippen LogP contribution in [-0.4, -0.2) is 7.11 Å². The molecule has 2 aromatic carbocycles. The van der Waals surface area contributed by atoms with Crippen molar-refractivity contribution in [3.63, 3.8) is 0 Å². The molecule has 5 heteroatoms. The molecule has 2 nitrogen and oxygen atoms in total. The predicted octanol–water partition coefficient (Wildman–Crippen LogP) is 4.17. The minimum absolute atomic E-state index is 0.262. The average Bonchev–Trinajstić information content (AvgIpc) is 2.36. The zero-order chi connectivity index (χ0) is 13.1. The van der Waals surface area contributed by atoms with Gasteiger partial charge in [0.25, 0.3) is 0 Å². The first kappa shape index (κ1) is 13.5. The van der Waals surface area contributed by atoms with E-state index in [1.807, 2.05) is 46.9 Å². The van der Waals surface area contributed by atoms with Gasteiger partial charge in [0.1, 0.15) is 11.6 Å². The first-order valence-corrected chi connectivity index (χ1v) is 7.06. The molecule has 0 saturated carbocycles. The van der Waals surface area contributed by atoms with E-state index in [4.69, 9.17) is 10.5 Å². The number of halogens is 2. The molecule has 0 aliphatic rings. The second-order valence-corrected chi connectivity index (χ2v) is 5.80. The number of para-hydroxylation sites is 1. The number of methoxy groups -OCH3 is 1. The second-order valence-electron chi connectivity index (χ2n) is 3.56. The minimum atomic E-state index is -0.262. The Balaban J connectivity index is 2.37. The Bertz CT molecular complexity index is 577. The quantitative estimate of drug-likeness (QED) is 0.646. The Labute approximate surface area is 123 Å². The van der Waals surface area contributed by atoms with Gasteiger partial charge in [-0.1, -0.05) is 23.9 Å². The van der Waals surface area contributed by atoms with Gasteiger partial charge >= 0.3 is 0 Å². The number of nitrogen functional groups attached to an aromatic ring is 1. The van der Waals surface area contributed by atoms with Gasteiger partial charge in [-0.15, -0.1) is 0 Å². The maximum atomic E-state index is 13.5. The van der Waals surface area contributed by atoms with Crippen molar-refractivity contribution in [2.45, 2.75) is 9.79 Å². The number of benzene rings is 2. The van der Waals surface area contributed by atoms with Crippen molar-refractivity contribution in [3.05, 3.63) is 45.8 Å². The zero-order valence-electron chi connectivity index (χ0n) is 9.61. The molecule has 18 heavy (non-hydrogen) atoms. The Hall–Kier alpha value is -0.950. The summed E-state index contributed by atoms with van der Waals surface area (Å²) in [6.07, 6.45) is 0. The molecular formula is C13H11FINOS. The predicted molar refractivity (Wildman–Crippen MR) is 80.6 cm³/mol. The maximum Gasteiger partial charge on any atom is 0.137 e. The van der Waals surface area contributed by atoms with Crippen molar-refractivity contribution in [1.29, 1.82) is 0 Å². The lowest BCUT2D eigenvalue weighted by atomic mass is 10.3. The van der Waals surface area contributed by atoms with Gasteiger partial charge in [-0.25, -0.2) is 4.39 Å².